The van der Waals surface area contributed by atoms with Gasteiger partial charge in [0, 0.05) is 22.9 Å². The second-order valence-corrected chi connectivity index (χ2v) is 8.00. The van der Waals surface area contributed by atoms with Crippen molar-refractivity contribution in [2.75, 3.05) is 19.5 Å². The minimum absolute atomic E-state index is 0.0886. The number of esters is 1. The van der Waals surface area contributed by atoms with Gasteiger partial charge in [-0.2, -0.15) is 0 Å². The van der Waals surface area contributed by atoms with Crippen LogP contribution in [0.4, 0.5) is 5.69 Å². The molecule has 34 heavy (non-hydrogen) atoms. The molecule has 0 spiro atoms. The van der Waals surface area contributed by atoms with Crippen LogP contribution < -0.4 is 20.1 Å². The Morgan fingerprint density at radius 2 is 1.38 bits per heavy atom. The van der Waals surface area contributed by atoms with Crippen molar-refractivity contribution in [3.63, 3.8) is 0 Å². The lowest BCUT2D eigenvalue weighted by atomic mass is 10.0. The summed E-state index contributed by atoms with van der Waals surface area (Å²) in [4.78, 5) is 49.4. The molecule has 2 N–H and O–H groups in total. The number of anilines is 1. The summed E-state index contributed by atoms with van der Waals surface area (Å²) in [5.74, 6) is -1.35. The normalized spacial score (nSPS) is 12.3. The fourth-order valence-corrected chi connectivity index (χ4v) is 2.99. The molecular weight excluding hydrogens is 440 g/mol. The van der Waals surface area contributed by atoms with Gasteiger partial charge < -0.3 is 24.8 Å². The van der Waals surface area contributed by atoms with E-state index in [2.05, 4.69) is 10.6 Å². The number of rotatable bonds is 10. The Morgan fingerprint density at radius 1 is 0.824 bits per heavy atom. The molecule has 0 saturated heterocycles. The van der Waals surface area contributed by atoms with Crippen LogP contribution in [-0.2, 0) is 14.3 Å². The minimum Gasteiger partial charge on any atom is -0.497 e. The number of ketones is 1. The van der Waals surface area contributed by atoms with Crippen LogP contribution in [0, 0.1) is 5.92 Å². The van der Waals surface area contributed by atoms with E-state index in [4.69, 9.17) is 14.2 Å². The maximum absolute atomic E-state index is 12.8. The predicted octanol–water partition coefficient (Wildman–Crippen LogP) is 3.23. The molecule has 0 radical (unpaired) electrons. The summed E-state index contributed by atoms with van der Waals surface area (Å²) in [5, 5.41) is 5.29. The highest BCUT2D eigenvalue weighted by Crippen LogP contribution is 2.23. The number of nitrogens with one attached hydrogen (secondary N) is 2. The molecule has 9 heteroatoms. The van der Waals surface area contributed by atoms with Crippen molar-refractivity contribution >= 4 is 29.3 Å². The van der Waals surface area contributed by atoms with Gasteiger partial charge in [-0.05, 0) is 56.2 Å². The SMILES string of the molecule is COc1cc(OC)cc(C(=O)N[C@H](C(=O)OC(C)C(=O)Nc2ccc(C(C)=O)cc2)C(C)C)c1. The van der Waals surface area contributed by atoms with E-state index < -0.39 is 29.9 Å². The molecule has 0 aliphatic rings. The summed E-state index contributed by atoms with van der Waals surface area (Å²) >= 11 is 0. The zero-order valence-corrected chi connectivity index (χ0v) is 20.1. The largest absolute Gasteiger partial charge is 0.497 e. The maximum atomic E-state index is 12.8. The van der Waals surface area contributed by atoms with Crippen LogP contribution in [0.1, 0.15) is 48.4 Å². The number of carbonyl (C=O) groups is 4. The Morgan fingerprint density at radius 3 is 1.85 bits per heavy atom. The molecule has 2 rings (SSSR count). The van der Waals surface area contributed by atoms with Gasteiger partial charge in [0.15, 0.2) is 11.9 Å². The van der Waals surface area contributed by atoms with Crippen LogP contribution in [0.2, 0.25) is 0 Å². The van der Waals surface area contributed by atoms with Crippen molar-refractivity contribution in [2.45, 2.75) is 39.8 Å². The summed E-state index contributed by atoms with van der Waals surface area (Å²) in [5.41, 5.74) is 1.22. The molecule has 0 saturated carbocycles. The molecule has 0 aromatic heterocycles. The van der Waals surface area contributed by atoms with E-state index in [0.29, 0.717) is 22.7 Å². The summed E-state index contributed by atoms with van der Waals surface area (Å²) in [7, 11) is 2.93. The second kappa shape index (κ2) is 11.8. The van der Waals surface area contributed by atoms with Crippen LogP contribution in [0.3, 0.4) is 0 Å². The molecule has 2 atom stereocenters. The van der Waals surface area contributed by atoms with Gasteiger partial charge in [0.25, 0.3) is 11.8 Å². The smallest absolute Gasteiger partial charge is 0.329 e. The number of hydrogen-bond donors (Lipinski definition) is 2. The van der Waals surface area contributed by atoms with Crippen LogP contribution in [0.15, 0.2) is 42.5 Å². The summed E-state index contributed by atoms with van der Waals surface area (Å²) in [6, 6.07) is 10.0. The third-order valence-electron chi connectivity index (χ3n) is 5.04. The van der Waals surface area contributed by atoms with Gasteiger partial charge in [0.1, 0.15) is 17.5 Å². The quantitative estimate of drug-likeness (QED) is 0.404. The zero-order valence-electron chi connectivity index (χ0n) is 20.1. The van der Waals surface area contributed by atoms with Gasteiger partial charge in [0.05, 0.1) is 14.2 Å². The van der Waals surface area contributed by atoms with Gasteiger partial charge >= 0.3 is 5.97 Å². The highest BCUT2D eigenvalue weighted by atomic mass is 16.5. The zero-order chi connectivity index (χ0) is 25.4. The maximum Gasteiger partial charge on any atom is 0.329 e. The number of carbonyl (C=O) groups excluding carboxylic acids is 4. The Balaban J connectivity index is 2.05. The Hall–Kier alpha value is -3.88. The van der Waals surface area contributed by atoms with Crippen LogP contribution in [0.5, 0.6) is 11.5 Å². The van der Waals surface area contributed by atoms with Crippen molar-refractivity contribution < 1.29 is 33.4 Å². The Labute approximate surface area is 198 Å². The average molecular weight is 471 g/mol. The van der Waals surface area contributed by atoms with E-state index in [0.717, 1.165) is 0 Å². The highest BCUT2D eigenvalue weighted by molar-refractivity contribution is 5.99. The lowest BCUT2D eigenvalue weighted by Gasteiger charge is -2.23. The summed E-state index contributed by atoms with van der Waals surface area (Å²) < 4.78 is 15.7. The van der Waals surface area contributed by atoms with E-state index in [1.807, 2.05) is 0 Å². The number of amides is 2. The fraction of sp³-hybridized carbons (Fsp3) is 0.360. The minimum atomic E-state index is -1.12. The third kappa shape index (κ3) is 7.06. The van der Waals surface area contributed by atoms with E-state index >= 15 is 0 Å². The topological polar surface area (TPSA) is 120 Å². The Kier molecular flexibility index (Phi) is 9.18. The van der Waals surface area contributed by atoms with Crippen molar-refractivity contribution in [3.8, 4) is 11.5 Å². The van der Waals surface area contributed by atoms with Gasteiger partial charge in [-0.15, -0.1) is 0 Å². The molecule has 1 unspecified atom stereocenters. The van der Waals surface area contributed by atoms with Crippen molar-refractivity contribution in [1.82, 2.24) is 5.32 Å². The number of hydrogen-bond acceptors (Lipinski definition) is 7. The first kappa shape index (κ1) is 26.4. The van der Waals surface area contributed by atoms with Gasteiger partial charge in [0.2, 0.25) is 0 Å². The first-order chi connectivity index (χ1) is 16.0. The molecule has 0 bridgehead atoms. The number of Topliss-reactive ketones (excluding diaryl/α,β-unsaturated/α-hetero) is 1. The lowest BCUT2D eigenvalue weighted by molar-refractivity contribution is -0.156. The van der Waals surface area contributed by atoms with E-state index in [-0.39, 0.29) is 17.3 Å². The number of benzene rings is 2. The van der Waals surface area contributed by atoms with Crippen molar-refractivity contribution in [2.24, 2.45) is 5.92 Å². The monoisotopic (exact) mass is 470 g/mol. The standard InChI is InChI=1S/C25H30N2O7/c1-14(2)22(27-24(30)18-11-20(32-5)13-21(12-18)33-6)25(31)34-16(4)23(29)26-19-9-7-17(8-10-19)15(3)28/h7-14,16,22H,1-6H3,(H,26,29)(H,27,30)/t16?,22-/m0/s1. The fourth-order valence-electron chi connectivity index (χ4n) is 2.99. The van der Waals surface area contributed by atoms with Crippen LogP contribution in [-0.4, -0.2) is 49.9 Å². The molecule has 0 heterocycles. The predicted molar refractivity (Wildman–Crippen MR) is 126 cm³/mol. The molecule has 0 aliphatic carbocycles. The van der Waals surface area contributed by atoms with E-state index in [9.17, 15) is 19.2 Å². The first-order valence-electron chi connectivity index (χ1n) is 10.7. The lowest BCUT2D eigenvalue weighted by Crippen LogP contribution is -2.47. The van der Waals surface area contributed by atoms with Crippen LogP contribution >= 0.6 is 0 Å². The third-order valence-corrected chi connectivity index (χ3v) is 5.04. The van der Waals surface area contributed by atoms with Gasteiger partial charge in [-0.1, -0.05) is 13.8 Å². The first-order valence-corrected chi connectivity index (χ1v) is 10.7. The van der Waals surface area contributed by atoms with E-state index in [1.54, 1.807) is 44.2 Å². The molecule has 9 nitrogen and oxygen atoms in total. The highest BCUT2D eigenvalue weighted by Gasteiger charge is 2.29. The molecule has 2 aromatic rings. The second-order valence-electron chi connectivity index (χ2n) is 8.00. The van der Waals surface area contributed by atoms with E-state index in [1.165, 1.54) is 40.2 Å². The summed E-state index contributed by atoms with van der Waals surface area (Å²) in [6.45, 7) is 6.38. The molecular formula is C25H30N2O7. The molecule has 2 amide bonds. The number of ether oxygens (including phenoxy) is 3. The summed E-state index contributed by atoms with van der Waals surface area (Å²) in [6.07, 6.45) is -1.12. The average Bonchev–Trinajstić information content (AvgIpc) is 2.81. The van der Waals surface area contributed by atoms with Crippen LogP contribution in [0.25, 0.3) is 0 Å². The molecule has 0 fully saturated rings. The molecule has 2 aromatic carbocycles. The molecule has 0 aliphatic heterocycles. The van der Waals surface area contributed by atoms with Gasteiger partial charge in [-0.25, -0.2) is 4.79 Å². The molecule has 182 valence electrons. The van der Waals surface area contributed by atoms with Crippen molar-refractivity contribution in [3.05, 3.63) is 53.6 Å². The number of methoxy groups -OCH3 is 2. The van der Waals surface area contributed by atoms with Gasteiger partial charge in [-0.3, -0.25) is 14.4 Å². The van der Waals surface area contributed by atoms with Crippen molar-refractivity contribution in [1.29, 1.82) is 0 Å². The Bertz CT molecular complexity index is 1030.